The van der Waals surface area contributed by atoms with Gasteiger partial charge in [0, 0.05) is 31.8 Å². The Bertz CT molecular complexity index is 471. The quantitative estimate of drug-likeness (QED) is 0.819. The Morgan fingerprint density at radius 2 is 2.21 bits per heavy atom. The Balaban J connectivity index is 2.13. The van der Waals surface area contributed by atoms with Crippen molar-refractivity contribution in [3.8, 4) is 11.8 Å². The average molecular weight is 263 g/mol. The highest BCUT2D eigenvalue weighted by Crippen LogP contribution is 2.14. The van der Waals surface area contributed by atoms with Gasteiger partial charge in [0.05, 0.1) is 6.61 Å². The molecule has 1 fully saturated rings. The van der Waals surface area contributed by atoms with Crippen LogP contribution in [-0.2, 0) is 11.3 Å². The van der Waals surface area contributed by atoms with Crippen LogP contribution >= 0.6 is 0 Å². The molecular weight excluding hydrogens is 245 g/mol. The number of ether oxygens (including phenoxy) is 1. The molecule has 0 bridgehead atoms. The molecule has 1 N–H and O–H groups in total. The van der Waals surface area contributed by atoms with Gasteiger partial charge >= 0.3 is 0 Å². The number of nitrogens with zero attached hydrogens (tertiary/aromatic N) is 1. The first kappa shape index (κ1) is 14.0. The Hall–Kier alpha value is -1.41. The fourth-order valence-corrected chi connectivity index (χ4v) is 2.13. The third kappa shape index (κ3) is 4.32. The molecule has 0 atom stereocenters. The molecule has 1 aromatic carbocycles. The molecule has 0 amide bonds. The van der Waals surface area contributed by atoms with Crippen molar-refractivity contribution >= 4 is 0 Å². The topological polar surface area (TPSA) is 32.7 Å². The van der Waals surface area contributed by atoms with Crippen LogP contribution < -0.4 is 0 Å². The van der Waals surface area contributed by atoms with Crippen LogP contribution in [0.2, 0.25) is 0 Å². The van der Waals surface area contributed by atoms with Crippen molar-refractivity contribution in [2.24, 2.45) is 0 Å². The van der Waals surface area contributed by atoms with Crippen molar-refractivity contribution in [3.63, 3.8) is 0 Å². The van der Waals surface area contributed by atoms with Crippen molar-refractivity contribution in [2.45, 2.75) is 13.0 Å². The molecule has 0 saturated carbocycles. The first-order chi connectivity index (χ1) is 9.29. The van der Waals surface area contributed by atoms with Gasteiger partial charge in [-0.2, -0.15) is 0 Å². The molecule has 1 saturated heterocycles. The highest BCUT2D eigenvalue weighted by Gasteiger charge is 2.11. The summed E-state index contributed by atoms with van der Waals surface area (Å²) in [6, 6.07) is 4.64. The predicted molar refractivity (Wildman–Crippen MR) is 71.1 cm³/mol. The minimum Gasteiger partial charge on any atom is -0.384 e. The minimum atomic E-state index is -0.301. The van der Waals surface area contributed by atoms with Crippen LogP contribution in [0.4, 0.5) is 4.39 Å². The van der Waals surface area contributed by atoms with Crippen molar-refractivity contribution in [1.29, 1.82) is 0 Å². The van der Waals surface area contributed by atoms with Crippen LogP contribution in [0.15, 0.2) is 18.2 Å². The molecule has 3 nitrogen and oxygen atoms in total. The van der Waals surface area contributed by atoms with Crippen LogP contribution in [0.5, 0.6) is 0 Å². The zero-order chi connectivity index (χ0) is 13.5. The van der Waals surface area contributed by atoms with Gasteiger partial charge in [0.15, 0.2) is 0 Å². The van der Waals surface area contributed by atoms with Gasteiger partial charge in [0.1, 0.15) is 12.4 Å². The first-order valence-corrected chi connectivity index (χ1v) is 6.48. The molecule has 19 heavy (non-hydrogen) atoms. The van der Waals surface area contributed by atoms with Crippen LogP contribution in [0.25, 0.3) is 0 Å². The molecule has 0 aromatic heterocycles. The van der Waals surface area contributed by atoms with Crippen LogP contribution in [-0.4, -0.2) is 42.9 Å². The summed E-state index contributed by atoms with van der Waals surface area (Å²) in [7, 11) is 0. The molecule has 0 radical (unpaired) electrons. The summed E-state index contributed by atoms with van der Waals surface area (Å²) in [5, 5.41) is 8.75. The van der Waals surface area contributed by atoms with Gasteiger partial charge in [-0.05, 0) is 24.1 Å². The lowest BCUT2D eigenvalue weighted by Gasteiger charge is -2.19. The monoisotopic (exact) mass is 263 g/mol. The first-order valence-electron chi connectivity index (χ1n) is 6.48. The Kier molecular flexibility index (Phi) is 5.34. The maximum Gasteiger partial charge on any atom is 0.124 e. The van der Waals surface area contributed by atoms with E-state index in [2.05, 4.69) is 16.7 Å². The second kappa shape index (κ2) is 7.25. The molecule has 1 aliphatic heterocycles. The van der Waals surface area contributed by atoms with E-state index in [9.17, 15) is 4.39 Å². The van der Waals surface area contributed by atoms with E-state index in [-0.39, 0.29) is 12.4 Å². The third-order valence-electron chi connectivity index (χ3n) is 3.08. The van der Waals surface area contributed by atoms with Gasteiger partial charge in [0.2, 0.25) is 0 Å². The second-order valence-corrected chi connectivity index (χ2v) is 4.50. The molecule has 2 rings (SSSR count). The molecular formula is C15H18FNO2. The van der Waals surface area contributed by atoms with E-state index in [0.717, 1.165) is 44.8 Å². The van der Waals surface area contributed by atoms with Gasteiger partial charge in [-0.3, -0.25) is 4.90 Å². The van der Waals surface area contributed by atoms with E-state index in [0.29, 0.717) is 5.56 Å². The molecule has 1 aliphatic rings. The maximum atomic E-state index is 13.3. The maximum absolute atomic E-state index is 13.3. The number of hydrogen-bond acceptors (Lipinski definition) is 3. The van der Waals surface area contributed by atoms with Gasteiger partial charge in [-0.15, -0.1) is 0 Å². The molecule has 0 unspecified atom stereocenters. The van der Waals surface area contributed by atoms with E-state index in [1.807, 2.05) is 0 Å². The Morgan fingerprint density at radius 3 is 3.05 bits per heavy atom. The average Bonchev–Trinajstić information content (AvgIpc) is 2.67. The third-order valence-corrected chi connectivity index (χ3v) is 3.08. The van der Waals surface area contributed by atoms with Gasteiger partial charge in [0.25, 0.3) is 0 Å². The summed E-state index contributed by atoms with van der Waals surface area (Å²) in [5.41, 5.74) is 1.64. The van der Waals surface area contributed by atoms with Gasteiger partial charge in [-0.25, -0.2) is 4.39 Å². The van der Waals surface area contributed by atoms with E-state index in [1.165, 1.54) is 12.1 Å². The van der Waals surface area contributed by atoms with Crippen LogP contribution in [0.3, 0.4) is 0 Å². The predicted octanol–water partition coefficient (Wildman–Crippen LogP) is 1.39. The van der Waals surface area contributed by atoms with Gasteiger partial charge in [-0.1, -0.05) is 17.9 Å². The summed E-state index contributed by atoms with van der Waals surface area (Å²) >= 11 is 0. The van der Waals surface area contributed by atoms with Gasteiger partial charge < -0.3 is 9.84 Å². The molecule has 0 aliphatic carbocycles. The highest BCUT2D eigenvalue weighted by molar-refractivity contribution is 5.41. The van der Waals surface area contributed by atoms with E-state index >= 15 is 0 Å². The van der Waals surface area contributed by atoms with E-state index in [4.69, 9.17) is 9.84 Å². The lowest BCUT2D eigenvalue weighted by molar-refractivity contribution is 0.140. The standard InChI is InChI=1S/C15H18FNO2/c16-15-5-4-14(13(11-15)3-1-8-18)12-17-6-2-9-19-10-7-17/h4-5,11,18H,2,6-10,12H2. The zero-order valence-corrected chi connectivity index (χ0v) is 10.9. The molecule has 102 valence electrons. The lowest BCUT2D eigenvalue weighted by Crippen LogP contribution is -2.26. The number of rotatable bonds is 2. The Labute approximate surface area is 113 Å². The summed E-state index contributed by atoms with van der Waals surface area (Å²) in [4.78, 5) is 2.28. The fraction of sp³-hybridized carbons (Fsp3) is 0.467. The summed E-state index contributed by atoms with van der Waals surface area (Å²) < 4.78 is 18.7. The van der Waals surface area contributed by atoms with Crippen molar-refractivity contribution in [3.05, 3.63) is 35.1 Å². The second-order valence-electron chi connectivity index (χ2n) is 4.50. The number of halogens is 1. The SMILES string of the molecule is OCC#Cc1cc(F)ccc1CN1CCCOCC1. The summed E-state index contributed by atoms with van der Waals surface area (Å²) in [6.45, 7) is 3.91. The molecule has 1 aromatic rings. The van der Waals surface area contributed by atoms with E-state index in [1.54, 1.807) is 6.07 Å². The van der Waals surface area contributed by atoms with Crippen molar-refractivity contribution in [2.75, 3.05) is 32.9 Å². The highest BCUT2D eigenvalue weighted by atomic mass is 19.1. The molecule has 0 spiro atoms. The number of aliphatic hydroxyl groups is 1. The zero-order valence-electron chi connectivity index (χ0n) is 10.9. The van der Waals surface area contributed by atoms with Crippen molar-refractivity contribution < 1.29 is 14.2 Å². The number of hydrogen-bond donors (Lipinski definition) is 1. The molecule has 1 heterocycles. The van der Waals surface area contributed by atoms with Crippen molar-refractivity contribution in [1.82, 2.24) is 4.90 Å². The van der Waals surface area contributed by atoms with Crippen LogP contribution in [0.1, 0.15) is 17.5 Å². The fourth-order valence-electron chi connectivity index (χ4n) is 2.13. The lowest BCUT2D eigenvalue weighted by atomic mass is 10.1. The Morgan fingerprint density at radius 1 is 1.32 bits per heavy atom. The smallest absolute Gasteiger partial charge is 0.124 e. The summed E-state index contributed by atoms with van der Waals surface area (Å²) in [6.07, 6.45) is 1.01. The minimum absolute atomic E-state index is 0.215. The normalized spacial score (nSPS) is 16.5. The number of aliphatic hydroxyl groups excluding tert-OH is 1. The number of benzene rings is 1. The largest absolute Gasteiger partial charge is 0.384 e. The van der Waals surface area contributed by atoms with E-state index < -0.39 is 0 Å². The summed E-state index contributed by atoms with van der Waals surface area (Å²) in [5.74, 6) is 5.09. The van der Waals surface area contributed by atoms with Crippen LogP contribution in [0, 0.1) is 17.7 Å². The molecule has 4 heteroatoms.